The normalized spacial score (nSPS) is 41.9. The third-order valence-corrected chi connectivity index (χ3v) is 13.3. The first kappa shape index (κ1) is 46.4. The van der Waals surface area contributed by atoms with Crippen LogP contribution in [0.4, 0.5) is 0 Å². The molecule has 15 atom stereocenters. The molecule has 0 aromatic rings. The van der Waals surface area contributed by atoms with Gasteiger partial charge in [-0.25, -0.2) is 0 Å². The average molecular weight is 791 g/mol. The molecule has 3 N–H and O–H groups in total. The van der Waals surface area contributed by atoms with E-state index in [4.69, 9.17) is 23.7 Å². The summed E-state index contributed by atoms with van der Waals surface area (Å²) in [6.45, 7) is 11.2. The van der Waals surface area contributed by atoms with Gasteiger partial charge in [-0.3, -0.25) is 19.2 Å². The maximum atomic E-state index is 14.3. The summed E-state index contributed by atoms with van der Waals surface area (Å²) >= 11 is 0. The first-order chi connectivity index (χ1) is 26.5. The largest absolute Gasteiger partial charge is 0.457 e. The van der Waals surface area contributed by atoms with Crippen molar-refractivity contribution in [1.82, 2.24) is 0 Å². The molecule has 3 fully saturated rings. The molecular formula is C44H70O12. The maximum Gasteiger partial charge on any atom is 0.310 e. The lowest BCUT2D eigenvalue weighted by Gasteiger charge is -2.46. The quantitative estimate of drug-likeness (QED) is 0.176. The molecule has 0 aromatic carbocycles. The minimum atomic E-state index is -2.46. The Bertz CT molecular complexity index is 1420. The molecule has 0 aromatic heterocycles. The van der Waals surface area contributed by atoms with Crippen LogP contribution in [0.5, 0.6) is 0 Å². The van der Waals surface area contributed by atoms with Crippen LogP contribution < -0.4 is 0 Å². The number of aliphatic hydroxyl groups excluding tert-OH is 2. The van der Waals surface area contributed by atoms with Gasteiger partial charge >= 0.3 is 5.97 Å². The van der Waals surface area contributed by atoms with E-state index in [-0.39, 0.29) is 43.0 Å². The van der Waals surface area contributed by atoms with Gasteiger partial charge in [0.05, 0.1) is 36.4 Å². The van der Waals surface area contributed by atoms with Gasteiger partial charge in [0, 0.05) is 51.4 Å². The Morgan fingerprint density at radius 3 is 2.11 bits per heavy atom. The fourth-order valence-electron chi connectivity index (χ4n) is 9.77. The van der Waals surface area contributed by atoms with Crippen LogP contribution in [0.25, 0.3) is 0 Å². The van der Waals surface area contributed by atoms with Crippen LogP contribution >= 0.6 is 0 Å². The molecule has 0 spiro atoms. The van der Waals surface area contributed by atoms with Crippen molar-refractivity contribution in [3.8, 4) is 0 Å². The lowest BCUT2D eigenvalue weighted by molar-refractivity contribution is -0.302. The summed E-state index contributed by atoms with van der Waals surface area (Å²) in [6, 6.07) is 0. The summed E-state index contributed by atoms with van der Waals surface area (Å²) in [5.41, 5.74) is 1.68. The van der Waals surface area contributed by atoms with Crippen molar-refractivity contribution in [2.45, 2.75) is 167 Å². The molecule has 1 unspecified atom stereocenters. The van der Waals surface area contributed by atoms with Crippen LogP contribution in [0.1, 0.15) is 119 Å². The van der Waals surface area contributed by atoms with E-state index < -0.39 is 89.5 Å². The lowest BCUT2D eigenvalue weighted by Crippen LogP contribution is -2.62. The van der Waals surface area contributed by atoms with Gasteiger partial charge in [-0.15, -0.1) is 0 Å². The van der Waals surface area contributed by atoms with Gasteiger partial charge in [0.1, 0.15) is 18.0 Å². The number of carbonyl (C=O) groups is 4. The molecule has 2 aliphatic heterocycles. The summed E-state index contributed by atoms with van der Waals surface area (Å²) in [4.78, 5) is 56.6. The average Bonchev–Trinajstić information content (AvgIpc) is 3.18. The number of aliphatic hydroxyl groups is 3. The van der Waals surface area contributed by atoms with E-state index in [1.165, 1.54) is 7.11 Å². The summed E-state index contributed by atoms with van der Waals surface area (Å²) in [5.74, 6) is -9.06. The number of rotatable bonds is 6. The van der Waals surface area contributed by atoms with E-state index in [0.717, 1.165) is 5.57 Å². The highest BCUT2D eigenvalue weighted by molar-refractivity contribution is 6.41. The molecule has 318 valence electrons. The van der Waals surface area contributed by atoms with Gasteiger partial charge in [-0.05, 0) is 89.0 Å². The second kappa shape index (κ2) is 20.6. The highest BCUT2D eigenvalue weighted by Crippen LogP contribution is 2.41. The zero-order valence-electron chi connectivity index (χ0n) is 35.2. The number of cyclic esters (lactones) is 1. The summed E-state index contributed by atoms with van der Waals surface area (Å²) in [5, 5.41) is 34.1. The number of carbonyl (C=O) groups excluding carboxylic acids is 4. The zero-order chi connectivity index (χ0) is 41.5. The van der Waals surface area contributed by atoms with Gasteiger partial charge in [0.15, 0.2) is 0 Å². The van der Waals surface area contributed by atoms with Crippen LogP contribution in [0.2, 0.25) is 0 Å². The minimum Gasteiger partial charge on any atom is -0.457 e. The Balaban J connectivity index is 1.76. The van der Waals surface area contributed by atoms with Crippen molar-refractivity contribution in [2.24, 2.45) is 41.4 Å². The van der Waals surface area contributed by atoms with Crippen LogP contribution in [0.3, 0.4) is 0 Å². The number of hydrogen-bond donors (Lipinski definition) is 3. The van der Waals surface area contributed by atoms with Crippen molar-refractivity contribution in [2.75, 3.05) is 21.3 Å². The monoisotopic (exact) mass is 790 g/mol. The molecule has 2 saturated carbocycles. The standard InChI is InChI=1S/C44H70O12/c1-10-30-18-24(2)17-25(3)19-37(53-8)41-38(54-9)21-27(5)44(51,56-41)42(49)39(48)31-13-11-12-14-32(31)43(50)55-40(28(6)34(46)23-35(30)47)26(4)20-29-15-16-33(45)36(22-29)52-7/h18,20,25,27-34,36-38,40-41,45-46,51H,10-17,19,21-23H2,1-9H3/t25-,27+,28+,29-,30+,31?,32+,33+,34-,36+,37-,38-,40+,41+,44+/m0/s1. The second-order valence-electron chi connectivity index (χ2n) is 17.5. The lowest BCUT2D eigenvalue weighted by atomic mass is 9.73. The van der Waals surface area contributed by atoms with Crippen LogP contribution in [-0.4, -0.2) is 108 Å². The van der Waals surface area contributed by atoms with E-state index >= 15 is 0 Å². The van der Waals surface area contributed by atoms with Gasteiger partial charge in [-0.2, -0.15) is 0 Å². The predicted molar refractivity (Wildman–Crippen MR) is 209 cm³/mol. The smallest absolute Gasteiger partial charge is 0.310 e. The molecule has 1 saturated heterocycles. The van der Waals surface area contributed by atoms with Crippen molar-refractivity contribution in [3.63, 3.8) is 0 Å². The van der Waals surface area contributed by atoms with E-state index in [1.807, 2.05) is 32.9 Å². The number of fused-ring (bicyclic) bond motifs is 3. The topological polar surface area (TPSA) is 175 Å². The summed E-state index contributed by atoms with van der Waals surface area (Å²) in [7, 11) is 4.65. The first-order valence-corrected chi connectivity index (χ1v) is 21.0. The van der Waals surface area contributed by atoms with Crippen LogP contribution in [0.15, 0.2) is 23.3 Å². The first-order valence-electron chi connectivity index (χ1n) is 21.0. The number of esters is 1. The number of hydrogen-bond acceptors (Lipinski definition) is 12. The van der Waals surface area contributed by atoms with Gasteiger partial charge < -0.3 is 39.0 Å². The zero-order valence-corrected chi connectivity index (χ0v) is 35.2. The summed E-state index contributed by atoms with van der Waals surface area (Å²) in [6.07, 6.45) is 4.36. The minimum absolute atomic E-state index is 0.0113. The van der Waals surface area contributed by atoms with Crippen molar-refractivity contribution < 1.29 is 58.2 Å². The molecule has 4 aliphatic rings. The van der Waals surface area contributed by atoms with E-state index in [2.05, 4.69) is 6.92 Å². The Hall–Kier alpha value is -2.32. The molecule has 12 nitrogen and oxygen atoms in total. The molecule has 2 heterocycles. The third kappa shape index (κ3) is 10.8. The third-order valence-electron chi connectivity index (χ3n) is 13.3. The van der Waals surface area contributed by atoms with E-state index in [9.17, 15) is 34.5 Å². The van der Waals surface area contributed by atoms with Crippen LogP contribution in [0, 0.1) is 41.4 Å². The highest BCUT2D eigenvalue weighted by Gasteiger charge is 2.57. The SMILES string of the molecule is CC[C@@H]1C=C(C)C[C@H](C)C[C@H](OC)[C@H]2O[C@@](O)(C(=O)C(=O)C3CCCC[C@H]3C(=O)O[C@H](C(C)=C[C@@H]3CC[C@@H](O)[C@H](OC)C3)[C@H](C)[C@@H](O)CC1=O)[C@H](C)C[C@@H]2OC. The number of methoxy groups -OCH3 is 3. The summed E-state index contributed by atoms with van der Waals surface area (Å²) < 4.78 is 29.8. The molecular weight excluding hydrogens is 720 g/mol. The molecule has 56 heavy (non-hydrogen) atoms. The van der Waals surface area contributed by atoms with Crippen molar-refractivity contribution in [3.05, 3.63) is 23.3 Å². The predicted octanol–water partition coefficient (Wildman–Crippen LogP) is 5.47. The Kier molecular flexibility index (Phi) is 17.0. The van der Waals surface area contributed by atoms with E-state index in [1.54, 1.807) is 28.1 Å². The van der Waals surface area contributed by atoms with Crippen molar-refractivity contribution in [1.29, 1.82) is 0 Å². The molecule has 0 radical (unpaired) electrons. The molecule has 2 bridgehead atoms. The van der Waals surface area contributed by atoms with Gasteiger partial charge in [-0.1, -0.05) is 58.3 Å². The molecule has 0 amide bonds. The number of Topliss-reactive ketones (excluding diaryl/α,β-unsaturated/α-hetero) is 3. The Morgan fingerprint density at radius 2 is 1.48 bits per heavy atom. The number of allylic oxidation sites excluding steroid dienone is 3. The second-order valence-corrected chi connectivity index (χ2v) is 17.5. The Morgan fingerprint density at radius 1 is 0.857 bits per heavy atom. The van der Waals surface area contributed by atoms with Crippen molar-refractivity contribution >= 4 is 23.3 Å². The van der Waals surface area contributed by atoms with Crippen LogP contribution in [-0.2, 0) is 42.9 Å². The van der Waals surface area contributed by atoms with Gasteiger partial charge in [0.25, 0.3) is 5.78 Å². The molecule has 2 aliphatic carbocycles. The van der Waals surface area contributed by atoms with E-state index in [0.29, 0.717) is 63.4 Å². The fourth-order valence-corrected chi connectivity index (χ4v) is 9.77. The molecule has 12 heteroatoms. The highest BCUT2D eigenvalue weighted by atomic mass is 16.7. The maximum absolute atomic E-state index is 14.3. The molecule has 4 rings (SSSR count). The van der Waals surface area contributed by atoms with Gasteiger partial charge in [0.2, 0.25) is 11.6 Å². The Labute approximate surface area is 334 Å². The number of ketones is 3. The number of ether oxygens (including phenoxy) is 5. The fraction of sp³-hybridized carbons (Fsp3) is 0.818.